The van der Waals surface area contributed by atoms with Crippen LogP contribution in [0.4, 0.5) is 0 Å². The monoisotopic (exact) mass is 458 g/mol. The normalized spacial score (nSPS) is 11.3. The summed E-state index contributed by atoms with van der Waals surface area (Å²) in [6.07, 6.45) is 0.669. The Hall–Kier alpha value is -4.19. The number of carbonyl (C=O) groups is 3. The number of allylic oxidation sites excluding steroid dienone is 1. The molecule has 0 unspecified atom stereocenters. The highest BCUT2D eigenvalue weighted by Gasteiger charge is 2.17. The second-order valence-corrected chi connectivity index (χ2v) is 7.54. The van der Waals surface area contributed by atoms with Crippen LogP contribution < -0.4 is 14.2 Å². The van der Waals surface area contributed by atoms with Gasteiger partial charge in [0.2, 0.25) is 0 Å². The van der Waals surface area contributed by atoms with Crippen molar-refractivity contribution in [2.75, 3.05) is 0 Å². The molecule has 6 heteroatoms. The molecule has 0 aliphatic heterocycles. The van der Waals surface area contributed by atoms with Crippen LogP contribution in [0.2, 0.25) is 0 Å². The molecule has 0 aliphatic rings. The Bertz CT molecular complexity index is 1220. The van der Waals surface area contributed by atoms with Crippen molar-refractivity contribution < 1.29 is 28.6 Å². The van der Waals surface area contributed by atoms with E-state index in [1.54, 1.807) is 24.3 Å². The lowest BCUT2D eigenvalue weighted by Gasteiger charge is -2.18. The van der Waals surface area contributed by atoms with E-state index in [0.717, 1.165) is 27.8 Å². The number of esters is 3. The van der Waals surface area contributed by atoms with Crippen molar-refractivity contribution in [1.29, 1.82) is 0 Å². The van der Waals surface area contributed by atoms with Crippen molar-refractivity contribution in [1.82, 2.24) is 0 Å². The second-order valence-electron chi connectivity index (χ2n) is 7.54. The van der Waals surface area contributed by atoms with Crippen molar-refractivity contribution >= 4 is 29.1 Å². The van der Waals surface area contributed by atoms with Crippen LogP contribution in [0.25, 0.3) is 11.1 Å². The zero-order valence-corrected chi connectivity index (χ0v) is 19.6. The smallest absolute Gasteiger partial charge is 0.308 e. The van der Waals surface area contributed by atoms with E-state index < -0.39 is 11.9 Å². The van der Waals surface area contributed by atoms with Gasteiger partial charge in [-0.05, 0) is 58.5 Å². The summed E-state index contributed by atoms with van der Waals surface area (Å²) in [5.41, 5.74) is 4.72. The molecule has 34 heavy (non-hydrogen) atoms. The maximum atomic E-state index is 11.7. The molecule has 3 aromatic rings. The van der Waals surface area contributed by atoms with Gasteiger partial charge in [-0.2, -0.15) is 0 Å². The van der Waals surface area contributed by atoms with Crippen LogP contribution in [-0.2, 0) is 14.4 Å². The summed E-state index contributed by atoms with van der Waals surface area (Å²) in [5, 5.41) is 0. The molecule has 6 nitrogen and oxygen atoms in total. The molecule has 0 bridgehead atoms. The van der Waals surface area contributed by atoms with E-state index in [9.17, 15) is 14.4 Å². The van der Waals surface area contributed by atoms with Crippen molar-refractivity contribution in [3.8, 4) is 17.2 Å². The Kier molecular flexibility index (Phi) is 7.98. The molecule has 0 saturated carbocycles. The van der Waals surface area contributed by atoms with Gasteiger partial charge >= 0.3 is 17.9 Å². The average Bonchev–Trinajstić information content (AvgIpc) is 2.79. The Balaban J connectivity index is 2.20. The summed E-state index contributed by atoms with van der Waals surface area (Å²) >= 11 is 0. The Morgan fingerprint density at radius 3 is 1.71 bits per heavy atom. The molecule has 0 aliphatic carbocycles. The minimum absolute atomic E-state index is 0.170. The molecule has 0 N–H and O–H groups in total. The maximum absolute atomic E-state index is 11.7. The van der Waals surface area contributed by atoms with Gasteiger partial charge in [0.05, 0.1) is 0 Å². The van der Waals surface area contributed by atoms with Gasteiger partial charge in [-0.25, -0.2) is 0 Å². The first-order chi connectivity index (χ1) is 16.3. The van der Waals surface area contributed by atoms with Crippen LogP contribution in [0, 0.1) is 0 Å². The third-order valence-electron chi connectivity index (χ3n) is 4.92. The first kappa shape index (κ1) is 24.5. The Morgan fingerprint density at radius 1 is 0.618 bits per heavy atom. The highest BCUT2D eigenvalue weighted by Crippen LogP contribution is 2.38. The van der Waals surface area contributed by atoms with Crippen LogP contribution in [0.5, 0.6) is 17.2 Å². The number of hydrogen-bond donors (Lipinski definition) is 0. The Morgan fingerprint density at radius 2 is 1.15 bits per heavy atom. The van der Waals surface area contributed by atoms with Gasteiger partial charge < -0.3 is 14.2 Å². The molecule has 0 spiro atoms. The number of hydrogen-bond acceptors (Lipinski definition) is 6. The fourth-order valence-corrected chi connectivity index (χ4v) is 3.67. The van der Waals surface area contributed by atoms with Crippen LogP contribution in [0.15, 0.2) is 72.8 Å². The predicted octanol–water partition coefficient (Wildman–Crippen LogP) is 5.83. The molecule has 0 heterocycles. The lowest BCUT2D eigenvalue weighted by atomic mass is 9.88. The molecule has 3 rings (SSSR count). The summed E-state index contributed by atoms with van der Waals surface area (Å²) in [6, 6.07) is 22.4. The van der Waals surface area contributed by atoms with Crippen LogP contribution >= 0.6 is 0 Å². The summed E-state index contributed by atoms with van der Waals surface area (Å²) in [4.78, 5) is 34.5. The van der Waals surface area contributed by atoms with E-state index in [1.165, 1.54) is 20.8 Å². The summed E-state index contributed by atoms with van der Waals surface area (Å²) in [6.45, 7) is 5.98. The molecular formula is C28H26O6. The molecular weight excluding hydrogens is 432 g/mol. The van der Waals surface area contributed by atoms with E-state index in [0.29, 0.717) is 12.2 Å². The number of carbonyl (C=O) groups excluding carboxylic acids is 3. The molecule has 174 valence electrons. The minimum Gasteiger partial charge on any atom is -0.427 e. The van der Waals surface area contributed by atoms with E-state index in [2.05, 4.69) is 0 Å². The zero-order valence-electron chi connectivity index (χ0n) is 19.6. The zero-order chi connectivity index (χ0) is 24.7. The van der Waals surface area contributed by atoms with Crippen molar-refractivity contribution in [3.05, 3.63) is 89.5 Å². The first-order valence-corrected chi connectivity index (χ1v) is 10.9. The molecule has 0 aromatic heterocycles. The maximum Gasteiger partial charge on any atom is 0.308 e. The predicted molar refractivity (Wildman–Crippen MR) is 129 cm³/mol. The summed E-state index contributed by atoms with van der Waals surface area (Å²) < 4.78 is 15.7. The van der Waals surface area contributed by atoms with Crippen LogP contribution in [0.1, 0.15) is 50.8 Å². The van der Waals surface area contributed by atoms with E-state index in [1.807, 2.05) is 55.5 Å². The molecule has 0 fully saturated rings. The summed E-state index contributed by atoms with van der Waals surface area (Å²) in [5.74, 6) is -0.601. The highest BCUT2D eigenvalue weighted by atomic mass is 16.6. The Labute approximate surface area is 198 Å². The number of rotatable bonds is 7. The van der Waals surface area contributed by atoms with Gasteiger partial charge in [0.15, 0.2) is 11.5 Å². The van der Waals surface area contributed by atoms with Gasteiger partial charge in [-0.15, -0.1) is 0 Å². The average molecular weight is 459 g/mol. The van der Waals surface area contributed by atoms with Crippen molar-refractivity contribution in [3.63, 3.8) is 0 Å². The van der Waals surface area contributed by atoms with Gasteiger partial charge in [0, 0.05) is 20.8 Å². The SMILES string of the molecule is CC/C(=C(/c1ccccc1)c1ccc(OC(C)=O)cc1)c1ccc(OC(C)=O)c(OC(C)=O)c1. The first-order valence-electron chi connectivity index (χ1n) is 10.9. The van der Waals surface area contributed by atoms with Gasteiger partial charge in [0.1, 0.15) is 5.75 Å². The fraction of sp³-hybridized carbons (Fsp3) is 0.179. The third-order valence-corrected chi connectivity index (χ3v) is 4.92. The molecule has 0 amide bonds. The summed E-state index contributed by atoms with van der Waals surface area (Å²) in [7, 11) is 0. The number of ether oxygens (including phenoxy) is 3. The van der Waals surface area contributed by atoms with E-state index in [4.69, 9.17) is 14.2 Å². The van der Waals surface area contributed by atoms with Crippen LogP contribution in [0.3, 0.4) is 0 Å². The quantitative estimate of drug-likeness (QED) is 0.252. The molecule has 3 aromatic carbocycles. The van der Waals surface area contributed by atoms with Gasteiger partial charge in [0.25, 0.3) is 0 Å². The standard InChI is InChI=1S/C28H26O6/c1-5-25(23-13-16-26(33-19(3)30)27(17-23)34-20(4)31)28(21-9-7-6-8-10-21)22-11-14-24(15-12-22)32-18(2)29/h6-17H,5H2,1-4H3/b28-25+. The third kappa shape index (κ3) is 6.19. The molecule has 0 saturated heterocycles. The second kappa shape index (κ2) is 11.1. The molecule has 0 atom stereocenters. The van der Waals surface area contributed by atoms with Gasteiger partial charge in [-0.3, -0.25) is 14.4 Å². The fourth-order valence-electron chi connectivity index (χ4n) is 3.67. The van der Waals surface area contributed by atoms with Crippen LogP contribution in [-0.4, -0.2) is 17.9 Å². The number of benzene rings is 3. The van der Waals surface area contributed by atoms with Crippen molar-refractivity contribution in [2.24, 2.45) is 0 Å². The van der Waals surface area contributed by atoms with Crippen molar-refractivity contribution in [2.45, 2.75) is 34.1 Å². The van der Waals surface area contributed by atoms with Gasteiger partial charge in [-0.1, -0.05) is 55.5 Å². The topological polar surface area (TPSA) is 78.9 Å². The van der Waals surface area contributed by atoms with E-state index >= 15 is 0 Å². The van der Waals surface area contributed by atoms with E-state index in [-0.39, 0.29) is 17.5 Å². The lowest BCUT2D eigenvalue weighted by molar-refractivity contribution is -0.134. The minimum atomic E-state index is -0.517. The molecule has 0 radical (unpaired) electrons. The lowest BCUT2D eigenvalue weighted by Crippen LogP contribution is -2.07. The largest absolute Gasteiger partial charge is 0.427 e. The highest BCUT2D eigenvalue weighted by molar-refractivity contribution is 5.99.